The molecule has 1 aromatic heterocycles. The minimum Gasteiger partial charge on any atom is -0.321 e. The molecule has 4 aromatic rings. The highest BCUT2D eigenvalue weighted by Gasteiger charge is 2.12. The number of fused-ring (bicyclic) bond motifs is 1. The van der Waals surface area contributed by atoms with E-state index in [1.54, 1.807) is 66.7 Å². The molecule has 33 heavy (non-hydrogen) atoms. The van der Waals surface area contributed by atoms with E-state index < -0.39 is 6.03 Å². The van der Waals surface area contributed by atoms with Crippen LogP contribution in [0.3, 0.4) is 0 Å². The van der Waals surface area contributed by atoms with E-state index in [9.17, 15) is 9.59 Å². The van der Waals surface area contributed by atoms with Gasteiger partial charge in [0, 0.05) is 33.0 Å². The Labute approximate surface area is 204 Å². The summed E-state index contributed by atoms with van der Waals surface area (Å²) in [6.45, 7) is 1.84. The molecule has 6 nitrogen and oxygen atoms in total. The number of nitrogens with one attached hydrogen (secondary N) is 3. The van der Waals surface area contributed by atoms with Crippen LogP contribution in [0.15, 0.2) is 66.7 Å². The van der Waals surface area contributed by atoms with Crippen molar-refractivity contribution in [3.8, 4) is 0 Å². The summed E-state index contributed by atoms with van der Waals surface area (Å²) in [5.74, 6) is -0.305. The summed E-state index contributed by atoms with van der Waals surface area (Å²) in [6, 6.07) is 18.0. The van der Waals surface area contributed by atoms with Gasteiger partial charge in [-0.2, -0.15) is 0 Å². The zero-order valence-corrected chi connectivity index (χ0v) is 19.5. The first-order valence-electron chi connectivity index (χ1n) is 9.80. The van der Waals surface area contributed by atoms with Crippen molar-refractivity contribution in [1.29, 1.82) is 0 Å². The first kappa shape index (κ1) is 22.9. The number of aryl methyl sites for hydroxylation is 1. The second-order valence-electron chi connectivity index (χ2n) is 7.22. The normalized spacial score (nSPS) is 10.7. The topological polar surface area (TPSA) is 83.1 Å². The molecule has 0 atom stereocenters. The molecular weight excluding hydrogens is 483 g/mol. The van der Waals surface area contributed by atoms with E-state index in [2.05, 4.69) is 20.9 Å². The second kappa shape index (κ2) is 9.67. The predicted octanol–water partition coefficient (Wildman–Crippen LogP) is 7.40. The smallest absolute Gasteiger partial charge is 0.321 e. The zero-order valence-electron chi connectivity index (χ0n) is 17.2. The number of nitrogens with zero attached hydrogens (tertiary/aromatic N) is 1. The van der Waals surface area contributed by atoms with Crippen LogP contribution < -0.4 is 16.0 Å². The lowest BCUT2D eigenvalue weighted by molar-refractivity contribution is 0.102. The maximum absolute atomic E-state index is 12.7. The predicted molar refractivity (Wildman–Crippen MR) is 135 cm³/mol. The van der Waals surface area contributed by atoms with Gasteiger partial charge in [0.25, 0.3) is 5.91 Å². The number of carbonyl (C=O) groups excluding carboxylic acids is 2. The van der Waals surface area contributed by atoms with Crippen molar-refractivity contribution in [2.45, 2.75) is 6.92 Å². The van der Waals surface area contributed by atoms with Gasteiger partial charge in [0.2, 0.25) is 0 Å². The number of hydrogen-bond acceptors (Lipinski definition) is 3. The van der Waals surface area contributed by atoms with Crippen LogP contribution in [0.5, 0.6) is 0 Å². The highest BCUT2D eigenvalue weighted by Crippen LogP contribution is 2.28. The SMILES string of the molecule is Cc1cc(NC(=O)c2cccc(Cl)c2)c2cc(NC(=O)Nc3ccc(Cl)c(Cl)c3)ccc2n1. The lowest BCUT2D eigenvalue weighted by Crippen LogP contribution is -2.19. The fourth-order valence-corrected chi connectivity index (χ4v) is 3.72. The molecule has 0 saturated carbocycles. The van der Waals surface area contributed by atoms with Crippen LogP contribution >= 0.6 is 34.8 Å². The molecule has 3 N–H and O–H groups in total. The highest BCUT2D eigenvalue weighted by molar-refractivity contribution is 6.42. The monoisotopic (exact) mass is 498 g/mol. The molecule has 1 heterocycles. The molecule has 166 valence electrons. The van der Waals surface area contributed by atoms with E-state index in [0.717, 1.165) is 5.69 Å². The number of rotatable bonds is 4. The molecule has 0 aliphatic heterocycles. The first-order valence-corrected chi connectivity index (χ1v) is 10.9. The van der Waals surface area contributed by atoms with Crippen molar-refractivity contribution in [3.63, 3.8) is 0 Å². The number of carbonyl (C=O) groups is 2. The fourth-order valence-electron chi connectivity index (χ4n) is 3.23. The van der Waals surface area contributed by atoms with Crippen molar-refractivity contribution in [2.24, 2.45) is 0 Å². The van der Waals surface area contributed by atoms with Crippen molar-refractivity contribution in [3.05, 3.63) is 93.1 Å². The van der Waals surface area contributed by atoms with Crippen molar-refractivity contribution in [2.75, 3.05) is 16.0 Å². The number of halogens is 3. The summed E-state index contributed by atoms with van der Waals surface area (Å²) < 4.78 is 0. The average Bonchev–Trinajstić information content (AvgIpc) is 2.76. The summed E-state index contributed by atoms with van der Waals surface area (Å²) in [6.07, 6.45) is 0. The number of amides is 3. The number of aromatic nitrogens is 1. The molecule has 0 fully saturated rings. The Morgan fingerprint density at radius 2 is 1.52 bits per heavy atom. The zero-order chi connectivity index (χ0) is 23.5. The standard InChI is InChI=1S/C24H17Cl3N4O2/c1-13-9-22(31-23(32)14-3-2-4-15(25)10-14)18-11-16(6-8-21(18)28-13)29-24(33)30-17-5-7-19(26)20(27)12-17/h2-12H,1H3,(H,28,31,32)(H2,29,30,33). The third kappa shape index (κ3) is 5.54. The van der Waals surface area contributed by atoms with Crippen molar-refractivity contribution >= 4 is 74.7 Å². The third-order valence-electron chi connectivity index (χ3n) is 4.71. The molecular formula is C24H17Cl3N4O2. The van der Waals surface area contributed by atoms with Gasteiger partial charge in [-0.05, 0) is 67.6 Å². The van der Waals surface area contributed by atoms with Crippen molar-refractivity contribution < 1.29 is 9.59 Å². The van der Waals surface area contributed by atoms with Gasteiger partial charge in [-0.25, -0.2) is 4.79 Å². The van der Waals surface area contributed by atoms with Crippen LogP contribution in [0.25, 0.3) is 10.9 Å². The molecule has 0 bridgehead atoms. The van der Waals surface area contributed by atoms with Crippen LogP contribution in [-0.4, -0.2) is 16.9 Å². The molecule has 0 spiro atoms. The summed E-state index contributed by atoms with van der Waals surface area (Å²) in [5, 5.41) is 10.2. The maximum Gasteiger partial charge on any atom is 0.323 e. The third-order valence-corrected chi connectivity index (χ3v) is 5.68. The average molecular weight is 500 g/mol. The largest absolute Gasteiger partial charge is 0.323 e. The molecule has 0 saturated heterocycles. The molecule has 4 rings (SSSR count). The molecule has 3 aromatic carbocycles. The number of anilines is 3. The molecule has 0 aliphatic rings. The number of benzene rings is 3. The Bertz CT molecular complexity index is 1390. The van der Waals surface area contributed by atoms with Gasteiger partial charge in [0.1, 0.15) is 0 Å². The van der Waals surface area contributed by atoms with Gasteiger partial charge < -0.3 is 16.0 Å². The lowest BCUT2D eigenvalue weighted by atomic mass is 10.1. The number of urea groups is 1. The Morgan fingerprint density at radius 3 is 2.24 bits per heavy atom. The van der Waals surface area contributed by atoms with Gasteiger partial charge >= 0.3 is 6.03 Å². The van der Waals surface area contributed by atoms with Crippen LogP contribution in [0, 0.1) is 6.92 Å². The second-order valence-corrected chi connectivity index (χ2v) is 8.47. The molecule has 3 amide bonds. The van der Waals surface area contributed by atoms with E-state index in [1.807, 2.05) is 6.92 Å². The summed E-state index contributed by atoms with van der Waals surface area (Å²) in [5.41, 5.74) is 3.42. The van der Waals surface area contributed by atoms with E-state index in [0.29, 0.717) is 48.6 Å². The lowest BCUT2D eigenvalue weighted by Gasteiger charge is -2.13. The van der Waals surface area contributed by atoms with Gasteiger partial charge in [0.05, 0.1) is 21.2 Å². The fraction of sp³-hybridized carbons (Fsp3) is 0.0417. The molecule has 0 unspecified atom stereocenters. The van der Waals surface area contributed by atoms with Gasteiger partial charge in [0.15, 0.2) is 0 Å². The maximum atomic E-state index is 12.7. The Morgan fingerprint density at radius 1 is 0.788 bits per heavy atom. The van der Waals surface area contributed by atoms with Crippen LogP contribution in [0.2, 0.25) is 15.1 Å². The van der Waals surface area contributed by atoms with E-state index >= 15 is 0 Å². The summed E-state index contributed by atoms with van der Waals surface area (Å²) >= 11 is 17.9. The quantitative estimate of drug-likeness (QED) is 0.273. The Kier molecular flexibility index (Phi) is 6.70. The molecule has 0 radical (unpaired) electrons. The van der Waals surface area contributed by atoms with Gasteiger partial charge in [-0.15, -0.1) is 0 Å². The summed E-state index contributed by atoms with van der Waals surface area (Å²) in [7, 11) is 0. The van der Waals surface area contributed by atoms with Crippen LogP contribution in [0.1, 0.15) is 16.1 Å². The first-order chi connectivity index (χ1) is 15.8. The number of hydrogen-bond donors (Lipinski definition) is 3. The van der Waals surface area contributed by atoms with E-state index in [1.165, 1.54) is 0 Å². The minimum absolute atomic E-state index is 0.305. The van der Waals surface area contributed by atoms with Gasteiger partial charge in [-0.3, -0.25) is 9.78 Å². The van der Waals surface area contributed by atoms with Gasteiger partial charge in [-0.1, -0.05) is 40.9 Å². The molecule has 9 heteroatoms. The summed E-state index contributed by atoms with van der Waals surface area (Å²) in [4.78, 5) is 29.7. The Balaban J connectivity index is 1.58. The van der Waals surface area contributed by atoms with E-state index in [-0.39, 0.29) is 5.91 Å². The van der Waals surface area contributed by atoms with Crippen LogP contribution in [-0.2, 0) is 0 Å². The van der Waals surface area contributed by atoms with E-state index in [4.69, 9.17) is 34.8 Å². The number of pyridine rings is 1. The van der Waals surface area contributed by atoms with Crippen molar-refractivity contribution in [1.82, 2.24) is 4.98 Å². The minimum atomic E-state index is -0.461. The van der Waals surface area contributed by atoms with Crippen LogP contribution in [0.4, 0.5) is 21.9 Å². The Hall–Kier alpha value is -3.32. The highest BCUT2D eigenvalue weighted by atomic mass is 35.5. The molecule has 0 aliphatic carbocycles.